The lowest BCUT2D eigenvalue weighted by Crippen LogP contribution is -2.33. The monoisotopic (exact) mass is 419 g/mol. The summed E-state index contributed by atoms with van der Waals surface area (Å²) in [6.45, 7) is 5.58. The molecule has 1 saturated carbocycles. The van der Waals surface area contributed by atoms with E-state index in [0.29, 0.717) is 22.2 Å². The van der Waals surface area contributed by atoms with Crippen LogP contribution >= 0.6 is 11.6 Å². The smallest absolute Gasteiger partial charge is 0.407 e. The summed E-state index contributed by atoms with van der Waals surface area (Å²) >= 11 is 5.96. The molecule has 2 heterocycles. The Morgan fingerprint density at radius 2 is 2.14 bits per heavy atom. The number of pyridine rings is 1. The maximum atomic E-state index is 12.3. The van der Waals surface area contributed by atoms with Crippen LogP contribution in [0.15, 0.2) is 18.2 Å². The number of anilines is 1. The van der Waals surface area contributed by atoms with Crippen LogP contribution in [-0.2, 0) is 16.0 Å². The van der Waals surface area contributed by atoms with E-state index in [2.05, 4.69) is 25.8 Å². The fourth-order valence-electron chi connectivity index (χ4n) is 3.41. The molecule has 2 aromatic heterocycles. The molecule has 9 heteroatoms. The van der Waals surface area contributed by atoms with Crippen LogP contribution in [-0.4, -0.2) is 39.3 Å². The third-order valence-corrected chi connectivity index (χ3v) is 5.19. The fourth-order valence-corrected chi connectivity index (χ4v) is 3.51. The summed E-state index contributed by atoms with van der Waals surface area (Å²) in [5, 5.41) is 13.3. The number of alkyl carbamates (subject to hydrolysis) is 1. The van der Waals surface area contributed by atoms with Crippen LogP contribution in [0.2, 0.25) is 5.02 Å². The van der Waals surface area contributed by atoms with E-state index in [4.69, 9.17) is 16.3 Å². The van der Waals surface area contributed by atoms with E-state index >= 15 is 0 Å². The average molecular weight is 420 g/mol. The van der Waals surface area contributed by atoms with Gasteiger partial charge in [-0.15, -0.1) is 0 Å². The highest BCUT2D eigenvalue weighted by molar-refractivity contribution is 6.31. The number of H-pyrrole nitrogens is 1. The molecule has 1 aliphatic carbocycles. The van der Waals surface area contributed by atoms with Crippen molar-refractivity contribution in [1.29, 1.82) is 0 Å². The van der Waals surface area contributed by atoms with Crippen LogP contribution in [0.3, 0.4) is 0 Å². The highest BCUT2D eigenvalue weighted by atomic mass is 35.5. The third-order valence-electron chi connectivity index (χ3n) is 4.79. The Morgan fingerprint density at radius 1 is 1.34 bits per heavy atom. The van der Waals surface area contributed by atoms with E-state index < -0.39 is 0 Å². The number of aryl methyl sites for hydroxylation is 1. The molecule has 8 nitrogen and oxygen atoms in total. The maximum Gasteiger partial charge on any atom is 0.407 e. The van der Waals surface area contributed by atoms with Gasteiger partial charge in [-0.3, -0.25) is 14.9 Å². The molecule has 3 rings (SSSR count). The molecule has 0 bridgehead atoms. The van der Waals surface area contributed by atoms with Gasteiger partial charge in [0.2, 0.25) is 5.91 Å². The largest absolute Gasteiger partial charge is 0.446 e. The van der Waals surface area contributed by atoms with Crippen LogP contribution in [0.1, 0.15) is 56.1 Å². The van der Waals surface area contributed by atoms with Crippen LogP contribution in [0.25, 0.3) is 0 Å². The van der Waals surface area contributed by atoms with E-state index in [1.165, 1.54) is 0 Å². The Labute approximate surface area is 174 Å². The highest BCUT2D eigenvalue weighted by Gasteiger charge is 2.30. The zero-order chi connectivity index (χ0) is 21.0. The number of hydrogen-bond donors (Lipinski definition) is 3. The van der Waals surface area contributed by atoms with E-state index in [0.717, 1.165) is 25.0 Å². The summed E-state index contributed by atoms with van der Waals surface area (Å²) in [5.41, 5.74) is 2.27. The Hall–Kier alpha value is -2.61. The van der Waals surface area contributed by atoms with Crippen molar-refractivity contribution >= 4 is 29.4 Å². The summed E-state index contributed by atoms with van der Waals surface area (Å²) in [6, 6.07) is 5.35. The highest BCUT2D eigenvalue weighted by Crippen LogP contribution is 2.35. The molecule has 2 atom stereocenters. The molecule has 1 aliphatic rings. The lowest BCUT2D eigenvalue weighted by molar-refractivity contribution is -0.115. The molecule has 2 aromatic rings. The van der Waals surface area contributed by atoms with Crippen molar-refractivity contribution in [2.24, 2.45) is 0 Å². The van der Waals surface area contributed by atoms with Gasteiger partial charge in [0.25, 0.3) is 0 Å². The van der Waals surface area contributed by atoms with Gasteiger partial charge >= 0.3 is 6.09 Å². The number of carbonyl (C=O) groups is 2. The summed E-state index contributed by atoms with van der Waals surface area (Å²) in [6.07, 6.45) is 2.08. The minimum absolute atomic E-state index is 0.0467. The Kier molecular flexibility index (Phi) is 6.74. The molecule has 0 aromatic carbocycles. The first-order chi connectivity index (χ1) is 13.8. The van der Waals surface area contributed by atoms with Crippen molar-refractivity contribution < 1.29 is 14.3 Å². The summed E-state index contributed by atoms with van der Waals surface area (Å²) in [7, 11) is 0. The number of aromatic nitrogens is 3. The second kappa shape index (κ2) is 9.26. The molecular weight excluding hydrogens is 394 g/mol. The zero-order valence-corrected chi connectivity index (χ0v) is 17.5. The molecule has 0 radical (unpaired) electrons. The van der Waals surface area contributed by atoms with Crippen LogP contribution in [0, 0.1) is 6.92 Å². The van der Waals surface area contributed by atoms with E-state index in [1.54, 1.807) is 19.1 Å². The SMILES string of the molecule is Cc1nc(CC(=O)Nc2cc([C@H]3CC[C@@H](OC(=O)NC(C)C)C3)[nH]n2)ccc1Cl. The summed E-state index contributed by atoms with van der Waals surface area (Å²) in [4.78, 5) is 28.3. The zero-order valence-electron chi connectivity index (χ0n) is 16.8. The van der Waals surface area contributed by atoms with Crippen molar-refractivity contribution in [2.45, 2.75) is 64.5 Å². The molecule has 0 aliphatic heterocycles. The number of hydrogen-bond acceptors (Lipinski definition) is 5. The molecule has 2 amide bonds. The van der Waals surface area contributed by atoms with Gasteiger partial charge in [0.1, 0.15) is 6.10 Å². The van der Waals surface area contributed by atoms with Gasteiger partial charge in [-0.25, -0.2) is 4.79 Å². The molecule has 0 spiro atoms. The molecule has 3 N–H and O–H groups in total. The molecule has 29 heavy (non-hydrogen) atoms. The van der Waals surface area contributed by atoms with Gasteiger partial charge in [0, 0.05) is 23.7 Å². The first kappa shape index (κ1) is 21.1. The quantitative estimate of drug-likeness (QED) is 0.661. The Balaban J connectivity index is 1.51. The number of amides is 2. The van der Waals surface area contributed by atoms with E-state index in [-0.39, 0.29) is 36.5 Å². The minimum Gasteiger partial charge on any atom is -0.446 e. The number of nitrogens with one attached hydrogen (secondary N) is 3. The second-order valence-electron chi connectivity index (χ2n) is 7.64. The summed E-state index contributed by atoms with van der Waals surface area (Å²) in [5.74, 6) is 0.485. The van der Waals surface area contributed by atoms with Gasteiger partial charge in [0.15, 0.2) is 5.82 Å². The van der Waals surface area contributed by atoms with Crippen molar-refractivity contribution in [3.63, 3.8) is 0 Å². The normalized spacial score (nSPS) is 18.7. The first-order valence-corrected chi connectivity index (χ1v) is 10.1. The van der Waals surface area contributed by atoms with Crippen molar-refractivity contribution in [1.82, 2.24) is 20.5 Å². The van der Waals surface area contributed by atoms with Crippen LogP contribution in [0.4, 0.5) is 10.6 Å². The van der Waals surface area contributed by atoms with Gasteiger partial charge in [-0.1, -0.05) is 11.6 Å². The van der Waals surface area contributed by atoms with Crippen molar-refractivity contribution in [3.8, 4) is 0 Å². The molecular formula is C20H26ClN5O3. The predicted octanol–water partition coefficient (Wildman–Crippen LogP) is 3.72. The van der Waals surface area contributed by atoms with Gasteiger partial charge in [-0.05, 0) is 52.2 Å². The first-order valence-electron chi connectivity index (χ1n) is 9.74. The maximum absolute atomic E-state index is 12.3. The number of rotatable bonds is 6. The van der Waals surface area contributed by atoms with Gasteiger partial charge in [0.05, 0.1) is 22.8 Å². The van der Waals surface area contributed by atoms with Crippen LogP contribution < -0.4 is 10.6 Å². The second-order valence-corrected chi connectivity index (χ2v) is 8.05. The Morgan fingerprint density at radius 3 is 2.86 bits per heavy atom. The number of carbonyl (C=O) groups excluding carboxylic acids is 2. The Bertz CT molecular complexity index is 883. The number of ether oxygens (including phenoxy) is 1. The predicted molar refractivity (Wildman–Crippen MR) is 110 cm³/mol. The van der Waals surface area contributed by atoms with E-state index in [9.17, 15) is 9.59 Å². The van der Waals surface area contributed by atoms with Gasteiger partial charge < -0.3 is 15.4 Å². The lowest BCUT2D eigenvalue weighted by Gasteiger charge is -2.14. The fraction of sp³-hybridized carbons (Fsp3) is 0.500. The lowest BCUT2D eigenvalue weighted by atomic mass is 10.0. The van der Waals surface area contributed by atoms with Crippen molar-refractivity contribution in [3.05, 3.63) is 40.3 Å². The number of nitrogens with zero attached hydrogens (tertiary/aromatic N) is 2. The summed E-state index contributed by atoms with van der Waals surface area (Å²) < 4.78 is 5.46. The average Bonchev–Trinajstić information content (AvgIpc) is 3.26. The molecule has 0 unspecified atom stereocenters. The number of aromatic amines is 1. The van der Waals surface area contributed by atoms with Crippen LogP contribution in [0.5, 0.6) is 0 Å². The standard InChI is InChI=1S/C20H26ClN5O3/c1-11(2)22-20(28)29-15-6-4-13(8-15)17-10-18(26-25-17)24-19(27)9-14-5-7-16(21)12(3)23-14/h5,7,10-11,13,15H,4,6,8-9H2,1-3H3,(H,22,28)(H2,24,25,26,27)/t13-,15+/m0/s1. The molecule has 0 saturated heterocycles. The molecule has 1 fully saturated rings. The number of halogens is 1. The molecule has 156 valence electrons. The topological polar surface area (TPSA) is 109 Å². The van der Waals surface area contributed by atoms with E-state index in [1.807, 2.05) is 19.9 Å². The third kappa shape index (κ3) is 5.93. The van der Waals surface area contributed by atoms with Crippen molar-refractivity contribution in [2.75, 3.05) is 5.32 Å². The van der Waals surface area contributed by atoms with Gasteiger partial charge in [-0.2, -0.15) is 5.10 Å². The minimum atomic E-state index is -0.380.